The summed E-state index contributed by atoms with van der Waals surface area (Å²) < 4.78 is 5.09. The molecule has 0 amide bonds. The van der Waals surface area contributed by atoms with Gasteiger partial charge in [-0.05, 0) is 18.4 Å². The highest BCUT2D eigenvalue weighted by Crippen LogP contribution is 2.23. The van der Waals surface area contributed by atoms with E-state index in [4.69, 9.17) is 4.52 Å². The second-order valence-corrected chi connectivity index (χ2v) is 4.27. The van der Waals surface area contributed by atoms with E-state index in [1.54, 1.807) is 17.4 Å². The lowest BCUT2D eigenvalue weighted by Gasteiger charge is -1.85. The maximum Gasteiger partial charge on any atom is 0.220 e. The lowest BCUT2D eigenvalue weighted by Crippen LogP contribution is -1.76. The maximum atomic E-state index is 5.09. The molecular formula is C10H8N4OS. The topological polar surface area (TPSA) is 67.6 Å². The number of nitrogens with zero attached hydrogens (tertiary/aromatic N) is 3. The summed E-state index contributed by atoms with van der Waals surface area (Å²) in [4.78, 5) is 5.40. The van der Waals surface area contributed by atoms with Crippen molar-refractivity contribution in [3.63, 3.8) is 0 Å². The van der Waals surface area contributed by atoms with E-state index in [2.05, 4.69) is 20.3 Å². The summed E-state index contributed by atoms with van der Waals surface area (Å²) in [5.41, 5.74) is 0.817. The van der Waals surface area contributed by atoms with Crippen LogP contribution in [0, 0.1) is 6.92 Å². The van der Waals surface area contributed by atoms with Gasteiger partial charge in [0.25, 0.3) is 0 Å². The zero-order chi connectivity index (χ0) is 11.0. The summed E-state index contributed by atoms with van der Waals surface area (Å²) in [6.45, 7) is 1.86. The molecule has 0 aliphatic heterocycles. The molecule has 0 saturated carbocycles. The number of nitrogens with one attached hydrogen (secondary N) is 1. The van der Waals surface area contributed by atoms with Crippen molar-refractivity contribution in [1.29, 1.82) is 0 Å². The first-order chi connectivity index (χ1) is 7.83. The molecule has 3 aromatic heterocycles. The van der Waals surface area contributed by atoms with Crippen molar-refractivity contribution in [3.05, 3.63) is 29.3 Å². The van der Waals surface area contributed by atoms with Gasteiger partial charge in [-0.25, -0.2) is 4.98 Å². The molecule has 0 aliphatic carbocycles. The fourth-order valence-corrected chi connectivity index (χ4v) is 2.03. The smallest absolute Gasteiger partial charge is 0.220 e. The number of hydrogen-bond donors (Lipinski definition) is 1. The molecule has 0 radical (unpaired) electrons. The van der Waals surface area contributed by atoms with Gasteiger partial charge in [-0.15, -0.1) is 16.4 Å². The van der Waals surface area contributed by atoms with Crippen LogP contribution in [-0.4, -0.2) is 20.3 Å². The zero-order valence-corrected chi connectivity index (χ0v) is 9.28. The van der Waals surface area contributed by atoms with Crippen molar-refractivity contribution < 1.29 is 4.52 Å². The molecule has 6 heteroatoms. The van der Waals surface area contributed by atoms with Gasteiger partial charge in [0.1, 0.15) is 0 Å². The first-order valence-corrected chi connectivity index (χ1v) is 5.61. The number of aromatic amines is 1. The Hall–Kier alpha value is -1.95. The van der Waals surface area contributed by atoms with Crippen LogP contribution in [0.25, 0.3) is 22.3 Å². The summed E-state index contributed by atoms with van der Waals surface area (Å²) >= 11 is 1.61. The number of aromatic nitrogens is 4. The van der Waals surface area contributed by atoms with Crippen LogP contribution in [0.3, 0.4) is 0 Å². The maximum absolute atomic E-state index is 5.09. The van der Waals surface area contributed by atoms with Crippen LogP contribution in [-0.2, 0) is 0 Å². The number of thiophene rings is 1. The second kappa shape index (κ2) is 3.57. The van der Waals surface area contributed by atoms with Crippen molar-refractivity contribution in [3.8, 4) is 22.3 Å². The van der Waals surface area contributed by atoms with E-state index < -0.39 is 0 Å². The van der Waals surface area contributed by atoms with E-state index in [1.165, 1.54) is 0 Å². The number of aryl methyl sites for hydroxylation is 1. The van der Waals surface area contributed by atoms with Crippen molar-refractivity contribution >= 4 is 11.3 Å². The van der Waals surface area contributed by atoms with E-state index in [1.807, 2.05) is 24.4 Å². The molecule has 1 N–H and O–H groups in total. The van der Waals surface area contributed by atoms with Crippen LogP contribution in [0.1, 0.15) is 5.69 Å². The zero-order valence-electron chi connectivity index (χ0n) is 8.47. The Balaban J connectivity index is 2.00. The molecule has 3 aromatic rings. The summed E-state index contributed by atoms with van der Waals surface area (Å²) in [5.74, 6) is 1.86. The monoisotopic (exact) mass is 232 g/mol. The van der Waals surface area contributed by atoms with Gasteiger partial charge < -0.3 is 4.52 Å². The fourth-order valence-electron chi connectivity index (χ4n) is 1.36. The van der Waals surface area contributed by atoms with Gasteiger partial charge in [-0.2, -0.15) is 0 Å². The Labute approximate surface area is 95.1 Å². The number of rotatable bonds is 2. The van der Waals surface area contributed by atoms with Crippen LogP contribution in [0.2, 0.25) is 0 Å². The Kier molecular flexibility index (Phi) is 2.07. The minimum atomic E-state index is 0.531. The molecule has 0 saturated heterocycles. The minimum Gasteiger partial charge on any atom is -0.353 e. The SMILES string of the molecule is Cc1cc(-c2n[nH]c(-c3cccs3)n2)on1. The van der Waals surface area contributed by atoms with Gasteiger partial charge in [0.15, 0.2) is 5.82 Å². The van der Waals surface area contributed by atoms with Crippen LogP contribution in [0.15, 0.2) is 28.1 Å². The molecular weight excluding hydrogens is 224 g/mol. The largest absolute Gasteiger partial charge is 0.353 e. The Morgan fingerprint density at radius 3 is 3.06 bits per heavy atom. The molecule has 0 spiro atoms. The lowest BCUT2D eigenvalue weighted by molar-refractivity contribution is 0.424. The Bertz CT molecular complexity index is 596. The van der Waals surface area contributed by atoms with Gasteiger partial charge in [-0.3, -0.25) is 5.10 Å². The molecule has 16 heavy (non-hydrogen) atoms. The normalized spacial score (nSPS) is 10.8. The van der Waals surface area contributed by atoms with E-state index in [9.17, 15) is 0 Å². The fraction of sp³-hybridized carbons (Fsp3) is 0.100. The first kappa shape index (κ1) is 9.29. The van der Waals surface area contributed by atoms with E-state index in [0.29, 0.717) is 11.6 Å². The summed E-state index contributed by atoms with van der Waals surface area (Å²) in [7, 11) is 0. The molecule has 80 valence electrons. The second-order valence-electron chi connectivity index (χ2n) is 3.32. The number of hydrogen-bond acceptors (Lipinski definition) is 5. The first-order valence-electron chi connectivity index (χ1n) is 4.73. The molecule has 3 heterocycles. The Morgan fingerprint density at radius 1 is 1.44 bits per heavy atom. The summed E-state index contributed by atoms with van der Waals surface area (Å²) in [5, 5.41) is 12.8. The average molecular weight is 232 g/mol. The molecule has 0 aliphatic rings. The third kappa shape index (κ3) is 1.53. The van der Waals surface area contributed by atoms with Crippen molar-refractivity contribution in [1.82, 2.24) is 20.3 Å². The summed E-state index contributed by atoms with van der Waals surface area (Å²) in [6, 6.07) is 5.77. The average Bonchev–Trinajstić information content (AvgIpc) is 2.97. The lowest BCUT2D eigenvalue weighted by atomic mass is 10.4. The van der Waals surface area contributed by atoms with Gasteiger partial charge in [0, 0.05) is 6.07 Å². The highest BCUT2D eigenvalue weighted by Gasteiger charge is 2.11. The molecule has 5 nitrogen and oxygen atoms in total. The van der Waals surface area contributed by atoms with E-state index in [-0.39, 0.29) is 0 Å². The molecule has 0 bridgehead atoms. The van der Waals surface area contributed by atoms with Gasteiger partial charge in [-0.1, -0.05) is 11.2 Å². The van der Waals surface area contributed by atoms with Gasteiger partial charge in [0.2, 0.25) is 11.6 Å². The van der Waals surface area contributed by atoms with Gasteiger partial charge in [0.05, 0.1) is 10.6 Å². The van der Waals surface area contributed by atoms with Gasteiger partial charge >= 0.3 is 0 Å². The number of H-pyrrole nitrogens is 1. The Morgan fingerprint density at radius 2 is 2.38 bits per heavy atom. The highest BCUT2D eigenvalue weighted by molar-refractivity contribution is 7.13. The molecule has 0 atom stereocenters. The van der Waals surface area contributed by atoms with E-state index in [0.717, 1.165) is 16.4 Å². The van der Waals surface area contributed by atoms with Crippen LogP contribution >= 0.6 is 11.3 Å². The predicted octanol–water partition coefficient (Wildman–Crippen LogP) is 2.50. The van der Waals surface area contributed by atoms with Crippen molar-refractivity contribution in [2.45, 2.75) is 6.92 Å². The van der Waals surface area contributed by atoms with Crippen LogP contribution in [0.4, 0.5) is 0 Å². The predicted molar refractivity (Wildman–Crippen MR) is 59.9 cm³/mol. The van der Waals surface area contributed by atoms with Crippen LogP contribution < -0.4 is 0 Å². The third-order valence-corrected chi connectivity index (χ3v) is 2.96. The molecule has 0 aromatic carbocycles. The van der Waals surface area contributed by atoms with Crippen molar-refractivity contribution in [2.24, 2.45) is 0 Å². The molecule has 3 rings (SSSR count). The van der Waals surface area contributed by atoms with Crippen LogP contribution in [0.5, 0.6) is 0 Å². The quantitative estimate of drug-likeness (QED) is 0.737. The summed E-state index contributed by atoms with van der Waals surface area (Å²) in [6.07, 6.45) is 0. The third-order valence-electron chi connectivity index (χ3n) is 2.09. The molecule has 0 unspecified atom stereocenters. The molecule has 0 fully saturated rings. The standard InChI is InChI=1S/C10H8N4OS/c1-6-5-7(15-14-6)9-11-10(13-12-9)8-3-2-4-16-8/h2-5H,1H3,(H,11,12,13). The van der Waals surface area contributed by atoms with E-state index >= 15 is 0 Å². The minimum absolute atomic E-state index is 0.531. The van der Waals surface area contributed by atoms with Crippen molar-refractivity contribution in [2.75, 3.05) is 0 Å². The highest BCUT2D eigenvalue weighted by atomic mass is 32.1.